The van der Waals surface area contributed by atoms with Gasteiger partial charge < -0.3 is 16.0 Å². The first-order chi connectivity index (χ1) is 11.1. The lowest BCUT2D eigenvalue weighted by molar-refractivity contribution is -0.129. The summed E-state index contributed by atoms with van der Waals surface area (Å²) in [5.74, 6) is 0.374. The van der Waals surface area contributed by atoms with Gasteiger partial charge in [-0.15, -0.1) is 0 Å². The molecule has 1 aliphatic rings. The first-order valence-corrected chi connectivity index (χ1v) is 8.41. The van der Waals surface area contributed by atoms with Gasteiger partial charge in [-0.25, -0.2) is 0 Å². The maximum Gasteiger partial charge on any atom is 0.227 e. The van der Waals surface area contributed by atoms with Crippen molar-refractivity contribution in [1.29, 1.82) is 0 Å². The highest BCUT2D eigenvalue weighted by atomic mass is 16.2. The summed E-state index contributed by atoms with van der Waals surface area (Å²) in [7, 11) is 0. The molecular weight excluding hydrogens is 290 g/mol. The fraction of sp³-hybridized carbons (Fsp3) is 0.556. The highest BCUT2D eigenvalue weighted by Crippen LogP contribution is 2.32. The maximum absolute atomic E-state index is 12.6. The number of anilines is 1. The van der Waals surface area contributed by atoms with E-state index >= 15 is 0 Å². The van der Waals surface area contributed by atoms with E-state index in [0.717, 1.165) is 30.5 Å². The molecule has 2 atom stereocenters. The first-order valence-electron chi connectivity index (χ1n) is 8.41. The van der Waals surface area contributed by atoms with E-state index in [-0.39, 0.29) is 23.7 Å². The number of nitrogens with two attached hydrogens (primary N) is 1. The molecule has 126 valence electrons. The summed E-state index contributed by atoms with van der Waals surface area (Å²) in [5.41, 5.74) is 7.53. The number of hydrogen-bond donors (Lipinski definition) is 2. The van der Waals surface area contributed by atoms with Crippen LogP contribution in [0.2, 0.25) is 0 Å². The molecule has 1 aromatic carbocycles. The van der Waals surface area contributed by atoms with Crippen molar-refractivity contribution in [3.05, 3.63) is 29.8 Å². The molecule has 1 saturated carbocycles. The van der Waals surface area contributed by atoms with Gasteiger partial charge in [-0.3, -0.25) is 9.59 Å². The standard InChI is InChI=1S/C18H27N3O2/c1-3-21(13(2)22)12-15-7-4-5-10-17(15)20-18(23)16-9-6-8-14(16)11-19/h4-5,7,10,14,16H,3,6,8-9,11-12,19H2,1-2H3,(H,20,23)/t14-,16-/m1/s1. The molecule has 0 saturated heterocycles. The summed E-state index contributed by atoms with van der Waals surface area (Å²) in [6, 6.07) is 7.68. The molecule has 3 N–H and O–H groups in total. The van der Waals surface area contributed by atoms with Crippen LogP contribution in [0.4, 0.5) is 5.69 Å². The third-order valence-corrected chi connectivity index (χ3v) is 4.76. The number of nitrogens with zero attached hydrogens (tertiary/aromatic N) is 1. The van der Waals surface area contributed by atoms with Gasteiger partial charge in [-0.1, -0.05) is 24.6 Å². The molecule has 5 heteroatoms. The number of nitrogens with one attached hydrogen (secondary N) is 1. The molecule has 0 heterocycles. The highest BCUT2D eigenvalue weighted by molar-refractivity contribution is 5.93. The molecule has 0 spiro atoms. The minimum Gasteiger partial charge on any atom is -0.339 e. The van der Waals surface area contributed by atoms with Gasteiger partial charge in [0.15, 0.2) is 0 Å². The summed E-state index contributed by atoms with van der Waals surface area (Å²) in [6.07, 6.45) is 3.00. The number of carbonyl (C=O) groups excluding carboxylic acids is 2. The summed E-state index contributed by atoms with van der Waals surface area (Å²) in [6.45, 7) is 5.23. The van der Waals surface area contributed by atoms with E-state index in [9.17, 15) is 9.59 Å². The topological polar surface area (TPSA) is 75.4 Å². The largest absolute Gasteiger partial charge is 0.339 e. The Morgan fingerprint density at radius 3 is 2.70 bits per heavy atom. The van der Waals surface area contributed by atoms with Crippen LogP contribution in [0.25, 0.3) is 0 Å². The zero-order valence-corrected chi connectivity index (χ0v) is 14.0. The van der Waals surface area contributed by atoms with Crippen molar-refractivity contribution < 1.29 is 9.59 Å². The third-order valence-electron chi connectivity index (χ3n) is 4.76. The number of rotatable bonds is 6. The normalized spacial score (nSPS) is 20.3. The Kier molecular flexibility index (Phi) is 6.16. The fourth-order valence-corrected chi connectivity index (χ4v) is 3.32. The SMILES string of the molecule is CCN(Cc1ccccc1NC(=O)[C@@H]1CCC[C@@H]1CN)C(C)=O. The first kappa shape index (κ1) is 17.5. The number of benzene rings is 1. The van der Waals surface area contributed by atoms with E-state index in [1.54, 1.807) is 11.8 Å². The minimum absolute atomic E-state index is 0.00291. The van der Waals surface area contributed by atoms with Gasteiger partial charge in [-0.2, -0.15) is 0 Å². The molecule has 0 radical (unpaired) electrons. The Labute approximate surface area is 138 Å². The van der Waals surface area contributed by atoms with Gasteiger partial charge in [0.05, 0.1) is 0 Å². The zero-order valence-electron chi connectivity index (χ0n) is 14.0. The molecule has 0 bridgehead atoms. The van der Waals surface area contributed by atoms with Crippen LogP contribution in [0.1, 0.15) is 38.7 Å². The van der Waals surface area contributed by atoms with E-state index in [4.69, 9.17) is 5.73 Å². The van der Waals surface area contributed by atoms with Gasteiger partial charge in [0.25, 0.3) is 0 Å². The molecule has 0 aliphatic heterocycles. The lowest BCUT2D eigenvalue weighted by Crippen LogP contribution is -2.31. The van der Waals surface area contributed by atoms with E-state index in [2.05, 4.69) is 5.32 Å². The summed E-state index contributed by atoms with van der Waals surface area (Å²) >= 11 is 0. The smallest absolute Gasteiger partial charge is 0.227 e. The molecule has 2 amide bonds. The second-order valence-corrected chi connectivity index (χ2v) is 6.21. The van der Waals surface area contributed by atoms with E-state index in [1.165, 1.54) is 0 Å². The lowest BCUT2D eigenvalue weighted by atomic mass is 9.95. The van der Waals surface area contributed by atoms with Gasteiger partial charge in [-0.05, 0) is 43.9 Å². The lowest BCUT2D eigenvalue weighted by Gasteiger charge is -2.22. The zero-order chi connectivity index (χ0) is 16.8. The molecule has 0 unspecified atom stereocenters. The van der Waals surface area contributed by atoms with E-state index in [1.807, 2.05) is 31.2 Å². The van der Waals surface area contributed by atoms with Gasteiger partial charge in [0.1, 0.15) is 0 Å². The number of amides is 2. The fourth-order valence-electron chi connectivity index (χ4n) is 3.32. The molecule has 1 fully saturated rings. The maximum atomic E-state index is 12.6. The van der Waals surface area contributed by atoms with Crippen molar-refractivity contribution in [2.24, 2.45) is 17.6 Å². The Morgan fingerprint density at radius 1 is 1.30 bits per heavy atom. The van der Waals surface area contributed by atoms with Crippen molar-refractivity contribution in [1.82, 2.24) is 4.90 Å². The molecule has 0 aromatic heterocycles. The van der Waals surface area contributed by atoms with Crippen LogP contribution in [0, 0.1) is 11.8 Å². The van der Waals surface area contributed by atoms with Crippen LogP contribution in [0.3, 0.4) is 0 Å². The molecule has 1 aliphatic carbocycles. The predicted molar refractivity (Wildman–Crippen MR) is 91.7 cm³/mol. The van der Waals surface area contributed by atoms with Crippen LogP contribution in [0.15, 0.2) is 24.3 Å². The number of carbonyl (C=O) groups is 2. The van der Waals surface area contributed by atoms with Crippen LogP contribution in [-0.4, -0.2) is 29.8 Å². The van der Waals surface area contributed by atoms with Gasteiger partial charge in [0, 0.05) is 31.6 Å². The molecule has 5 nitrogen and oxygen atoms in total. The summed E-state index contributed by atoms with van der Waals surface area (Å²) in [4.78, 5) is 26.0. The Hall–Kier alpha value is -1.88. The highest BCUT2D eigenvalue weighted by Gasteiger charge is 2.32. The van der Waals surface area contributed by atoms with Gasteiger partial charge in [0.2, 0.25) is 11.8 Å². The average Bonchev–Trinajstić information content (AvgIpc) is 3.02. The van der Waals surface area contributed by atoms with Crippen molar-refractivity contribution in [2.45, 2.75) is 39.7 Å². The van der Waals surface area contributed by atoms with Crippen LogP contribution in [-0.2, 0) is 16.1 Å². The van der Waals surface area contributed by atoms with E-state index < -0.39 is 0 Å². The van der Waals surface area contributed by atoms with Gasteiger partial charge >= 0.3 is 0 Å². The predicted octanol–water partition coefficient (Wildman–Crippen LogP) is 2.37. The van der Waals surface area contributed by atoms with Crippen LogP contribution in [0.5, 0.6) is 0 Å². The van der Waals surface area contributed by atoms with Crippen molar-refractivity contribution in [2.75, 3.05) is 18.4 Å². The third kappa shape index (κ3) is 4.32. The Morgan fingerprint density at radius 2 is 2.04 bits per heavy atom. The molecule has 1 aromatic rings. The Bertz CT molecular complexity index is 559. The molecule has 23 heavy (non-hydrogen) atoms. The summed E-state index contributed by atoms with van der Waals surface area (Å²) < 4.78 is 0. The second-order valence-electron chi connectivity index (χ2n) is 6.21. The van der Waals surface area contributed by atoms with Crippen LogP contribution < -0.4 is 11.1 Å². The molecular formula is C18H27N3O2. The summed E-state index contributed by atoms with van der Waals surface area (Å²) in [5, 5.41) is 3.05. The minimum atomic E-state index is 0.00291. The number of para-hydroxylation sites is 1. The van der Waals surface area contributed by atoms with Crippen molar-refractivity contribution >= 4 is 17.5 Å². The monoisotopic (exact) mass is 317 g/mol. The van der Waals surface area contributed by atoms with E-state index in [0.29, 0.717) is 19.6 Å². The van der Waals surface area contributed by atoms with Crippen LogP contribution >= 0.6 is 0 Å². The molecule has 2 rings (SSSR count). The van der Waals surface area contributed by atoms with Crippen molar-refractivity contribution in [3.8, 4) is 0 Å². The number of hydrogen-bond acceptors (Lipinski definition) is 3. The Balaban J connectivity index is 2.11. The second kappa shape index (κ2) is 8.11. The van der Waals surface area contributed by atoms with Crippen molar-refractivity contribution in [3.63, 3.8) is 0 Å². The average molecular weight is 317 g/mol. The quantitative estimate of drug-likeness (QED) is 0.846.